The van der Waals surface area contributed by atoms with Crippen molar-refractivity contribution in [2.75, 3.05) is 16.4 Å². The van der Waals surface area contributed by atoms with Gasteiger partial charge in [0.2, 0.25) is 5.91 Å². The highest BCUT2D eigenvalue weighted by molar-refractivity contribution is 7.99. The van der Waals surface area contributed by atoms with Crippen molar-refractivity contribution in [3.05, 3.63) is 95.3 Å². The zero-order valence-corrected chi connectivity index (χ0v) is 17.1. The number of carbonyl (C=O) groups is 3. The fourth-order valence-corrected chi connectivity index (χ4v) is 3.51. The van der Waals surface area contributed by atoms with Gasteiger partial charge in [-0.1, -0.05) is 24.3 Å². The van der Waals surface area contributed by atoms with Crippen LogP contribution in [0.25, 0.3) is 0 Å². The van der Waals surface area contributed by atoms with E-state index >= 15 is 0 Å². The Kier molecular flexibility index (Phi) is 7.40. The van der Waals surface area contributed by atoms with Crippen molar-refractivity contribution in [2.24, 2.45) is 0 Å². The number of thioether (sulfide) groups is 1. The molecular formula is C23H19FN2O4S. The minimum atomic E-state index is -1.12. The van der Waals surface area contributed by atoms with Crippen LogP contribution in [0.5, 0.6) is 0 Å². The topological polar surface area (TPSA) is 95.5 Å². The Morgan fingerprint density at radius 1 is 0.871 bits per heavy atom. The van der Waals surface area contributed by atoms with Gasteiger partial charge in [-0.15, -0.1) is 11.8 Å². The van der Waals surface area contributed by atoms with Crippen molar-refractivity contribution in [2.45, 2.75) is 5.75 Å². The average Bonchev–Trinajstić information content (AvgIpc) is 2.76. The Hall–Kier alpha value is -3.65. The van der Waals surface area contributed by atoms with Crippen LogP contribution < -0.4 is 10.6 Å². The molecule has 3 aromatic carbocycles. The van der Waals surface area contributed by atoms with Crippen LogP contribution in [-0.2, 0) is 10.5 Å². The van der Waals surface area contributed by atoms with Crippen molar-refractivity contribution in [1.82, 2.24) is 0 Å². The first-order valence-corrected chi connectivity index (χ1v) is 10.4. The second kappa shape index (κ2) is 10.4. The van der Waals surface area contributed by atoms with E-state index in [1.165, 1.54) is 48.2 Å². The minimum Gasteiger partial charge on any atom is -0.478 e. The van der Waals surface area contributed by atoms with Gasteiger partial charge in [0.25, 0.3) is 5.91 Å². The number of carbonyl (C=O) groups excluding carboxylic acids is 2. The van der Waals surface area contributed by atoms with Crippen LogP contribution in [-0.4, -0.2) is 28.6 Å². The van der Waals surface area contributed by atoms with Crippen LogP contribution in [0.1, 0.15) is 26.3 Å². The number of benzene rings is 3. The predicted octanol–water partition coefficient (Wildman–Crippen LogP) is 4.65. The Balaban J connectivity index is 1.49. The van der Waals surface area contributed by atoms with E-state index < -0.39 is 11.9 Å². The zero-order chi connectivity index (χ0) is 22.2. The number of carboxylic acid groups (broad SMARTS) is 1. The van der Waals surface area contributed by atoms with E-state index in [2.05, 4.69) is 10.6 Å². The van der Waals surface area contributed by atoms with Crippen LogP contribution in [0.2, 0.25) is 0 Å². The largest absolute Gasteiger partial charge is 0.478 e. The zero-order valence-electron chi connectivity index (χ0n) is 16.3. The number of aromatic carboxylic acids is 1. The van der Waals surface area contributed by atoms with Gasteiger partial charge in [-0.3, -0.25) is 9.59 Å². The molecule has 0 heterocycles. The molecule has 0 radical (unpaired) electrons. The van der Waals surface area contributed by atoms with Gasteiger partial charge in [-0.05, 0) is 54.1 Å². The molecular weight excluding hydrogens is 419 g/mol. The number of para-hydroxylation sites is 1. The number of nitrogens with one attached hydrogen (secondary N) is 2. The Labute approximate surface area is 182 Å². The Morgan fingerprint density at radius 3 is 2.23 bits per heavy atom. The molecule has 3 aromatic rings. The first kappa shape index (κ1) is 22.0. The van der Waals surface area contributed by atoms with Crippen molar-refractivity contribution in [3.8, 4) is 0 Å². The third-order valence-corrected chi connectivity index (χ3v) is 5.26. The molecule has 0 aliphatic heterocycles. The molecule has 0 fully saturated rings. The SMILES string of the molecule is O=C(CSCc1ccc(C(=O)Nc2ccccc2C(=O)O)cc1)Nc1ccc(F)cc1. The second-order valence-corrected chi connectivity index (χ2v) is 7.54. The molecule has 2 amide bonds. The minimum absolute atomic E-state index is 0.0165. The lowest BCUT2D eigenvalue weighted by molar-refractivity contribution is -0.113. The highest BCUT2D eigenvalue weighted by atomic mass is 32.2. The molecule has 0 aromatic heterocycles. The second-order valence-electron chi connectivity index (χ2n) is 6.55. The number of hydrogen-bond acceptors (Lipinski definition) is 4. The maximum absolute atomic E-state index is 12.9. The number of rotatable bonds is 8. The Bertz CT molecular complexity index is 1090. The van der Waals surface area contributed by atoms with Crippen LogP contribution in [0.4, 0.5) is 15.8 Å². The molecule has 0 saturated heterocycles. The summed E-state index contributed by atoms with van der Waals surface area (Å²) in [6.07, 6.45) is 0. The normalized spacial score (nSPS) is 10.4. The molecule has 3 rings (SSSR count). The number of hydrogen-bond donors (Lipinski definition) is 3. The lowest BCUT2D eigenvalue weighted by Crippen LogP contribution is -2.15. The smallest absolute Gasteiger partial charge is 0.337 e. The quantitative estimate of drug-likeness (QED) is 0.476. The van der Waals surface area contributed by atoms with Crippen molar-refractivity contribution >= 4 is 40.9 Å². The first-order chi connectivity index (χ1) is 14.9. The fourth-order valence-electron chi connectivity index (χ4n) is 2.72. The van der Waals surface area contributed by atoms with E-state index in [0.29, 0.717) is 17.0 Å². The van der Waals surface area contributed by atoms with Crippen molar-refractivity contribution < 1.29 is 23.9 Å². The van der Waals surface area contributed by atoms with Crippen LogP contribution in [0.3, 0.4) is 0 Å². The number of amides is 2. The highest BCUT2D eigenvalue weighted by Gasteiger charge is 2.13. The molecule has 0 saturated carbocycles. The number of anilines is 2. The molecule has 0 spiro atoms. The van der Waals surface area contributed by atoms with Gasteiger partial charge < -0.3 is 15.7 Å². The lowest BCUT2D eigenvalue weighted by atomic mass is 10.1. The van der Waals surface area contributed by atoms with E-state index in [1.807, 2.05) is 0 Å². The third-order valence-electron chi connectivity index (χ3n) is 4.25. The van der Waals surface area contributed by atoms with Crippen LogP contribution in [0, 0.1) is 5.82 Å². The number of halogens is 1. The van der Waals surface area contributed by atoms with Gasteiger partial charge in [0.1, 0.15) is 5.82 Å². The van der Waals surface area contributed by atoms with Crippen LogP contribution in [0.15, 0.2) is 72.8 Å². The summed E-state index contributed by atoms with van der Waals surface area (Å²) in [5, 5.41) is 14.5. The van der Waals surface area contributed by atoms with E-state index in [1.54, 1.807) is 36.4 Å². The summed E-state index contributed by atoms with van der Waals surface area (Å²) in [5.74, 6) is -1.29. The third kappa shape index (κ3) is 6.42. The van der Waals surface area contributed by atoms with Gasteiger partial charge in [-0.2, -0.15) is 0 Å². The molecule has 0 atom stereocenters. The van der Waals surface area contributed by atoms with Gasteiger partial charge in [0, 0.05) is 17.0 Å². The molecule has 0 bridgehead atoms. The fraction of sp³-hybridized carbons (Fsp3) is 0.0870. The summed E-state index contributed by atoms with van der Waals surface area (Å²) in [4.78, 5) is 35.6. The molecule has 3 N–H and O–H groups in total. The first-order valence-electron chi connectivity index (χ1n) is 9.28. The monoisotopic (exact) mass is 438 g/mol. The lowest BCUT2D eigenvalue weighted by Gasteiger charge is -2.09. The van der Waals surface area contributed by atoms with E-state index in [4.69, 9.17) is 0 Å². The summed E-state index contributed by atoms with van der Waals surface area (Å²) in [5.41, 5.74) is 2.10. The maximum atomic E-state index is 12.9. The van der Waals surface area contributed by atoms with Gasteiger partial charge in [-0.25, -0.2) is 9.18 Å². The van der Waals surface area contributed by atoms with Crippen LogP contribution >= 0.6 is 11.8 Å². The summed E-state index contributed by atoms with van der Waals surface area (Å²) in [7, 11) is 0. The summed E-state index contributed by atoms with van der Waals surface area (Å²) >= 11 is 1.41. The number of carboxylic acids is 1. The predicted molar refractivity (Wildman–Crippen MR) is 119 cm³/mol. The average molecular weight is 438 g/mol. The molecule has 8 heteroatoms. The highest BCUT2D eigenvalue weighted by Crippen LogP contribution is 2.18. The standard InChI is InChI=1S/C23H19FN2O4S/c24-17-9-11-18(12-10-17)25-21(27)14-31-13-15-5-7-16(8-6-15)22(28)26-20-4-2-1-3-19(20)23(29)30/h1-12H,13-14H2,(H,25,27)(H,26,28)(H,29,30). The van der Waals surface area contributed by atoms with E-state index in [9.17, 15) is 23.9 Å². The van der Waals surface area contributed by atoms with E-state index in [0.717, 1.165) is 5.56 Å². The van der Waals surface area contributed by atoms with Crippen molar-refractivity contribution in [3.63, 3.8) is 0 Å². The van der Waals surface area contributed by atoms with Gasteiger partial charge in [0.15, 0.2) is 0 Å². The van der Waals surface area contributed by atoms with Gasteiger partial charge >= 0.3 is 5.97 Å². The molecule has 158 valence electrons. The molecule has 6 nitrogen and oxygen atoms in total. The molecule has 0 unspecified atom stereocenters. The van der Waals surface area contributed by atoms with Crippen molar-refractivity contribution in [1.29, 1.82) is 0 Å². The molecule has 0 aliphatic carbocycles. The molecule has 31 heavy (non-hydrogen) atoms. The Morgan fingerprint density at radius 2 is 1.55 bits per heavy atom. The maximum Gasteiger partial charge on any atom is 0.337 e. The summed E-state index contributed by atoms with van der Waals surface area (Å²) < 4.78 is 12.9. The summed E-state index contributed by atoms with van der Waals surface area (Å²) in [6.45, 7) is 0. The molecule has 0 aliphatic rings. The summed E-state index contributed by atoms with van der Waals surface area (Å²) in [6, 6.07) is 18.6. The van der Waals surface area contributed by atoms with Gasteiger partial charge in [0.05, 0.1) is 17.0 Å². The van der Waals surface area contributed by atoms with E-state index in [-0.39, 0.29) is 28.7 Å².